The maximum absolute atomic E-state index is 12.8. The van der Waals surface area contributed by atoms with Crippen molar-refractivity contribution in [3.05, 3.63) is 47.0 Å². The molecule has 28 heavy (non-hydrogen) atoms. The summed E-state index contributed by atoms with van der Waals surface area (Å²) in [6, 6.07) is 6.17. The van der Waals surface area contributed by atoms with Crippen LogP contribution < -0.4 is 0 Å². The standard InChI is InChI=1S/C21H25N5O2/c1-13-20(15(3)27)14(2)26(24-13)12-19(28)25-9-6-16(7-10-25)18-11-17-5-4-8-22-21(17)23-18/h4-5,8,11,16H,6-7,9-10,12H2,1-3H3,(H,22,23). The van der Waals surface area contributed by atoms with E-state index in [2.05, 4.69) is 27.2 Å². The molecule has 1 fully saturated rings. The van der Waals surface area contributed by atoms with Gasteiger partial charge in [-0.3, -0.25) is 14.3 Å². The van der Waals surface area contributed by atoms with Gasteiger partial charge in [0, 0.05) is 42.0 Å². The number of carbonyl (C=O) groups excluding carboxylic acids is 2. The second kappa shape index (κ2) is 7.22. The van der Waals surface area contributed by atoms with Gasteiger partial charge in [0.15, 0.2) is 5.78 Å². The number of aryl methyl sites for hydroxylation is 1. The van der Waals surface area contributed by atoms with Crippen LogP contribution in [0.4, 0.5) is 0 Å². The van der Waals surface area contributed by atoms with Crippen molar-refractivity contribution in [3.8, 4) is 0 Å². The average Bonchev–Trinajstić information content (AvgIpc) is 3.22. The number of H-pyrrole nitrogens is 1. The van der Waals surface area contributed by atoms with Gasteiger partial charge >= 0.3 is 0 Å². The number of fused-ring (bicyclic) bond motifs is 1. The first-order valence-electron chi connectivity index (χ1n) is 9.70. The molecule has 0 atom stereocenters. The van der Waals surface area contributed by atoms with E-state index >= 15 is 0 Å². The summed E-state index contributed by atoms with van der Waals surface area (Å²) in [6.07, 6.45) is 3.64. The number of carbonyl (C=O) groups is 2. The number of amides is 1. The maximum atomic E-state index is 12.8. The number of pyridine rings is 1. The number of aromatic amines is 1. The molecule has 1 aliphatic rings. The number of hydrogen-bond acceptors (Lipinski definition) is 4. The summed E-state index contributed by atoms with van der Waals surface area (Å²) in [7, 11) is 0. The summed E-state index contributed by atoms with van der Waals surface area (Å²) in [5.74, 6) is 0.455. The number of aromatic nitrogens is 4. The second-order valence-electron chi connectivity index (χ2n) is 7.58. The lowest BCUT2D eigenvalue weighted by atomic mass is 9.93. The third-order valence-corrected chi connectivity index (χ3v) is 5.72. The van der Waals surface area contributed by atoms with Crippen LogP contribution >= 0.6 is 0 Å². The van der Waals surface area contributed by atoms with E-state index in [9.17, 15) is 9.59 Å². The average molecular weight is 379 g/mol. The molecule has 0 spiro atoms. The van der Waals surface area contributed by atoms with Gasteiger partial charge in [-0.1, -0.05) is 0 Å². The normalized spacial score (nSPS) is 15.3. The predicted molar refractivity (Wildman–Crippen MR) is 106 cm³/mol. The first-order chi connectivity index (χ1) is 13.4. The number of likely N-dealkylation sites (tertiary alicyclic amines) is 1. The molecular formula is C21H25N5O2. The molecule has 3 aromatic rings. The molecule has 146 valence electrons. The quantitative estimate of drug-likeness (QED) is 0.707. The fourth-order valence-electron chi connectivity index (χ4n) is 4.23. The van der Waals surface area contributed by atoms with Crippen molar-refractivity contribution in [1.29, 1.82) is 0 Å². The van der Waals surface area contributed by atoms with E-state index in [-0.39, 0.29) is 18.2 Å². The number of rotatable bonds is 4. The van der Waals surface area contributed by atoms with Gasteiger partial charge in [-0.05, 0) is 51.8 Å². The Balaban J connectivity index is 1.40. The van der Waals surface area contributed by atoms with Crippen molar-refractivity contribution in [2.75, 3.05) is 13.1 Å². The molecule has 1 aliphatic heterocycles. The molecular weight excluding hydrogens is 354 g/mol. The number of hydrogen-bond donors (Lipinski definition) is 1. The zero-order valence-electron chi connectivity index (χ0n) is 16.5. The third kappa shape index (κ3) is 3.32. The smallest absolute Gasteiger partial charge is 0.244 e. The molecule has 0 unspecified atom stereocenters. The van der Waals surface area contributed by atoms with Crippen molar-refractivity contribution in [1.82, 2.24) is 24.6 Å². The Bertz CT molecular complexity index is 1010. The third-order valence-electron chi connectivity index (χ3n) is 5.72. The lowest BCUT2D eigenvalue weighted by Gasteiger charge is -2.31. The fourth-order valence-corrected chi connectivity index (χ4v) is 4.23. The zero-order valence-corrected chi connectivity index (χ0v) is 16.5. The maximum Gasteiger partial charge on any atom is 0.244 e. The molecule has 1 saturated heterocycles. The van der Waals surface area contributed by atoms with E-state index in [0.717, 1.165) is 42.7 Å². The Morgan fingerprint density at radius 1 is 1.25 bits per heavy atom. The van der Waals surface area contributed by atoms with Crippen LogP contribution in [0, 0.1) is 13.8 Å². The molecule has 1 N–H and O–H groups in total. The number of ketones is 1. The molecule has 4 rings (SSSR count). The number of piperidine rings is 1. The molecule has 7 heteroatoms. The Morgan fingerprint density at radius 3 is 2.64 bits per heavy atom. The minimum Gasteiger partial charge on any atom is -0.343 e. The molecule has 4 heterocycles. The summed E-state index contributed by atoms with van der Waals surface area (Å²) in [4.78, 5) is 34.2. The van der Waals surface area contributed by atoms with Crippen molar-refractivity contribution in [3.63, 3.8) is 0 Å². The molecule has 0 saturated carbocycles. The molecule has 0 bridgehead atoms. The van der Waals surface area contributed by atoms with Gasteiger partial charge in [0.05, 0.1) is 11.3 Å². The second-order valence-corrected chi connectivity index (χ2v) is 7.58. The van der Waals surface area contributed by atoms with Crippen molar-refractivity contribution < 1.29 is 9.59 Å². The van der Waals surface area contributed by atoms with Gasteiger partial charge in [0.25, 0.3) is 0 Å². The molecule has 0 aliphatic carbocycles. The summed E-state index contributed by atoms with van der Waals surface area (Å²) in [5, 5.41) is 5.52. The van der Waals surface area contributed by atoms with E-state index in [4.69, 9.17) is 0 Å². The summed E-state index contributed by atoms with van der Waals surface area (Å²) in [5.41, 5.74) is 4.19. The van der Waals surface area contributed by atoms with Crippen LogP contribution in [0.15, 0.2) is 24.4 Å². The Hall–Kier alpha value is -2.96. The van der Waals surface area contributed by atoms with E-state index < -0.39 is 0 Å². The van der Waals surface area contributed by atoms with Crippen molar-refractivity contribution in [2.24, 2.45) is 0 Å². The van der Waals surface area contributed by atoms with Gasteiger partial charge in [-0.15, -0.1) is 0 Å². The predicted octanol–water partition coefficient (Wildman–Crippen LogP) is 2.99. The van der Waals surface area contributed by atoms with Crippen molar-refractivity contribution >= 4 is 22.7 Å². The number of nitrogens with one attached hydrogen (secondary N) is 1. The van der Waals surface area contributed by atoms with Crippen LogP contribution in [-0.2, 0) is 11.3 Å². The number of nitrogens with zero attached hydrogens (tertiary/aromatic N) is 4. The van der Waals surface area contributed by atoms with Gasteiger partial charge in [0.2, 0.25) is 5.91 Å². The highest BCUT2D eigenvalue weighted by Crippen LogP contribution is 2.29. The molecule has 0 radical (unpaired) electrons. The lowest BCUT2D eigenvalue weighted by Crippen LogP contribution is -2.40. The highest BCUT2D eigenvalue weighted by molar-refractivity contribution is 5.96. The Labute approximate surface area is 163 Å². The molecule has 0 aromatic carbocycles. The van der Waals surface area contributed by atoms with Crippen LogP contribution in [0.3, 0.4) is 0 Å². The van der Waals surface area contributed by atoms with Crippen LogP contribution in [0.2, 0.25) is 0 Å². The van der Waals surface area contributed by atoms with Crippen LogP contribution in [0.5, 0.6) is 0 Å². The van der Waals surface area contributed by atoms with Gasteiger partial charge in [-0.25, -0.2) is 4.98 Å². The Kier molecular flexibility index (Phi) is 4.75. The molecule has 1 amide bonds. The topological polar surface area (TPSA) is 83.9 Å². The first kappa shape index (κ1) is 18.4. The minimum atomic E-state index is -0.0117. The van der Waals surface area contributed by atoms with Gasteiger partial charge in [0.1, 0.15) is 12.2 Å². The zero-order chi connectivity index (χ0) is 19.8. The molecule has 3 aromatic heterocycles. The van der Waals surface area contributed by atoms with Crippen LogP contribution in [0.25, 0.3) is 11.0 Å². The largest absolute Gasteiger partial charge is 0.343 e. The van der Waals surface area contributed by atoms with Gasteiger partial charge in [-0.2, -0.15) is 5.10 Å². The summed E-state index contributed by atoms with van der Waals surface area (Å²) < 4.78 is 1.66. The lowest BCUT2D eigenvalue weighted by molar-refractivity contribution is -0.133. The number of Topliss-reactive ketones (excluding diaryl/α,β-unsaturated/α-hetero) is 1. The fraction of sp³-hybridized carbons (Fsp3) is 0.429. The minimum absolute atomic E-state index is 0.0117. The summed E-state index contributed by atoms with van der Waals surface area (Å²) >= 11 is 0. The molecule has 7 nitrogen and oxygen atoms in total. The van der Waals surface area contributed by atoms with E-state index in [1.807, 2.05) is 24.8 Å². The van der Waals surface area contributed by atoms with E-state index in [1.165, 1.54) is 12.6 Å². The monoisotopic (exact) mass is 379 g/mol. The van der Waals surface area contributed by atoms with Gasteiger partial charge < -0.3 is 9.88 Å². The highest BCUT2D eigenvalue weighted by Gasteiger charge is 2.26. The highest BCUT2D eigenvalue weighted by atomic mass is 16.2. The van der Waals surface area contributed by atoms with E-state index in [0.29, 0.717) is 17.2 Å². The van der Waals surface area contributed by atoms with Crippen LogP contribution in [0.1, 0.15) is 53.1 Å². The first-order valence-corrected chi connectivity index (χ1v) is 9.70. The summed E-state index contributed by atoms with van der Waals surface area (Å²) in [6.45, 7) is 6.83. The Morgan fingerprint density at radius 2 is 2.00 bits per heavy atom. The van der Waals surface area contributed by atoms with E-state index in [1.54, 1.807) is 10.9 Å². The van der Waals surface area contributed by atoms with Crippen molar-refractivity contribution in [2.45, 2.75) is 46.1 Å². The SMILES string of the molecule is CC(=O)c1c(C)nn(CC(=O)N2CCC(c3cc4cccnc4[nH]3)CC2)c1C. The van der Waals surface area contributed by atoms with Crippen LogP contribution in [-0.4, -0.2) is 49.4 Å².